The summed E-state index contributed by atoms with van der Waals surface area (Å²) < 4.78 is 1.90. The lowest BCUT2D eigenvalue weighted by Gasteiger charge is -2.16. The second-order valence-electron chi connectivity index (χ2n) is 10.7. The largest absolute Gasteiger partial charge is 0.354 e. The average Bonchev–Trinajstić information content (AvgIpc) is 3.72. The minimum Gasteiger partial charge on any atom is -0.354 e. The number of carbonyl (C=O) groups is 1. The maximum atomic E-state index is 13.3. The number of nitro benzene ring substituents is 1. The van der Waals surface area contributed by atoms with Crippen molar-refractivity contribution in [1.29, 1.82) is 0 Å². The van der Waals surface area contributed by atoms with E-state index in [0.717, 1.165) is 41.9 Å². The molecule has 1 aromatic heterocycles. The van der Waals surface area contributed by atoms with Gasteiger partial charge in [0.2, 0.25) is 0 Å². The van der Waals surface area contributed by atoms with Crippen molar-refractivity contribution < 1.29 is 9.72 Å². The fraction of sp³-hybridized carbons (Fsp3) is 0.250. The van der Waals surface area contributed by atoms with E-state index in [1.54, 1.807) is 12.4 Å². The molecule has 0 unspecified atom stereocenters. The first-order valence-corrected chi connectivity index (χ1v) is 14.0. The smallest absolute Gasteiger partial charge is 0.270 e. The van der Waals surface area contributed by atoms with Crippen LogP contribution in [-0.4, -0.2) is 44.9 Å². The number of rotatable bonds is 9. The average molecular weight is 549 g/mol. The van der Waals surface area contributed by atoms with E-state index in [2.05, 4.69) is 32.7 Å². The maximum Gasteiger partial charge on any atom is 0.270 e. The Morgan fingerprint density at radius 3 is 2.49 bits per heavy atom. The zero-order valence-corrected chi connectivity index (χ0v) is 23.0. The first-order chi connectivity index (χ1) is 19.9. The minimum absolute atomic E-state index is 0.0647. The quantitative estimate of drug-likeness (QED) is 0.152. The topological polar surface area (TPSA) is 105 Å². The van der Waals surface area contributed by atoms with Gasteiger partial charge < -0.3 is 20.1 Å². The van der Waals surface area contributed by atoms with Crippen LogP contribution in [0, 0.1) is 10.1 Å². The fourth-order valence-electron chi connectivity index (χ4n) is 5.58. The van der Waals surface area contributed by atoms with Crippen molar-refractivity contribution in [3.8, 4) is 11.3 Å². The molecule has 9 nitrogen and oxygen atoms in total. The van der Waals surface area contributed by atoms with Gasteiger partial charge in [0.15, 0.2) is 0 Å². The number of imidazole rings is 1. The molecule has 3 heterocycles. The molecule has 2 aliphatic heterocycles. The Balaban J connectivity index is 1.33. The number of non-ortho nitro benzene ring substituents is 1. The lowest BCUT2D eigenvalue weighted by molar-refractivity contribution is -0.384. The van der Waals surface area contributed by atoms with E-state index < -0.39 is 4.92 Å². The molecule has 1 amide bonds. The molecule has 4 aromatic rings. The van der Waals surface area contributed by atoms with Crippen molar-refractivity contribution >= 4 is 34.2 Å². The third-order valence-electron chi connectivity index (χ3n) is 7.74. The van der Waals surface area contributed by atoms with E-state index in [0.29, 0.717) is 22.5 Å². The number of benzene rings is 3. The van der Waals surface area contributed by atoms with Gasteiger partial charge in [-0.15, -0.1) is 0 Å². The molecule has 0 radical (unpaired) electrons. The van der Waals surface area contributed by atoms with Crippen LogP contribution in [0.5, 0.6) is 0 Å². The number of likely N-dealkylation sites (tertiary alicyclic amines) is 1. The Bertz CT molecular complexity index is 1620. The van der Waals surface area contributed by atoms with E-state index in [9.17, 15) is 14.9 Å². The summed E-state index contributed by atoms with van der Waals surface area (Å²) in [6.45, 7) is 3.51. The Morgan fingerprint density at radius 1 is 1.05 bits per heavy atom. The summed E-state index contributed by atoms with van der Waals surface area (Å²) in [5.41, 5.74) is 6.66. The highest BCUT2D eigenvalue weighted by molar-refractivity contribution is 6.37. The first kappa shape index (κ1) is 26.5. The SMILES string of the molecule is Cn1cnc(-c2ccc(NC(=C3C(=O)Nc4ccc([N+](=O)[O-])cc43)c3ccc(CCCN4CCCC4)cc3)cc2)c1. The summed E-state index contributed by atoms with van der Waals surface area (Å²) >= 11 is 0. The molecule has 3 aromatic carbocycles. The van der Waals surface area contributed by atoms with Crippen LogP contribution in [0.15, 0.2) is 79.3 Å². The molecular formula is C32H32N6O3. The summed E-state index contributed by atoms with van der Waals surface area (Å²) in [7, 11) is 1.93. The van der Waals surface area contributed by atoms with Gasteiger partial charge in [-0.05, 0) is 74.6 Å². The Hall–Kier alpha value is -4.76. The number of hydrogen-bond acceptors (Lipinski definition) is 6. The highest BCUT2D eigenvalue weighted by Gasteiger charge is 2.30. The van der Waals surface area contributed by atoms with E-state index in [4.69, 9.17) is 0 Å². The van der Waals surface area contributed by atoms with Crippen molar-refractivity contribution in [2.75, 3.05) is 30.3 Å². The van der Waals surface area contributed by atoms with Crippen molar-refractivity contribution in [1.82, 2.24) is 14.5 Å². The molecule has 6 rings (SSSR count). The molecule has 0 aliphatic carbocycles. The van der Waals surface area contributed by atoms with Gasteiger partial charge in [0.1, 0.15) is 0 Å². The number of nitrogens with one attached hydrogen (secondary N) is 2. The number of aryl methyl sites for hydroxylation is 2. The van der Waals surface area contributed by atoms with Crippen molar-refractivity contribution in [2.24, 2.45) is 7.05 Å². The van der Waals surface area contributed by atoms with Crippen LogP contribution in [0.4, 0.5) is 17.1 Å². The number of anilines is 2. The van der Waals surface area contributed by atoms with Gasteiger partial charge in [0.25, 0.3) is 11.6 Å². The summed E-state index contributed by atoms with van der Waals surface area (Å²) in [6, 6.07) is 20.5. The predicted octanol–water partition coefficient (Wildman–Crippen LogP) is 5.96. The van der Waals surface area contributed by atoms with Gasteiger partial charge in [-0.3, -0.25) is 14.9 Å². The zero-order chi connectivity index (χ0) is 28.3. The van der Waals surface area contributed by atoms with Crippen molar-refractivity contribution in [3.63, 3.8) is 0 Å². The second-order valence-corrected chi connectivity index (χ2v) is 10.7. The van der Waals surface area contributed by atoms with Gasteiger partial charge in [0.05, 0.1) is 28.2 Å². The number of nitrogens with zero attached hydrogens (tertiary/aromatic N) is 4. The van der Waals surface area contributed by atoms with Gasteiger partial charge in [-0.2, -0.15) is 0 Å². The number of nitro groups is 1. The summed E-state index contributed by atoms with van der Waals surface area (Å²) in [6.07, 6.45) is 8.40. The molecular weight excluding hydrogens is 516 g/mol. The summed E-state index contributed by atoms with van der Waals surface area (Å²) in [5, 5.41) is 17.9. The molecule has 41 heavy (non-hydrogen) atoms. The van der Waals surface area contributed by atoms with Gasteiger partial charge >= 0.3 is 0 Å². The monoisotopic (exact) mass is 548 g/mol. The van der Waals surface area contributed by atoms with Gasteiger partial charge in [-0.25, -0.2) is 4.98 Å². The van der Waals surface area contributed by atoms with Crippen LogP contribution in [0.1, 0.15) is 36.0 Å². The highest BCUT2D eigenvalue weighted by atomic mass is 16.6. The summed E-state index contributed by atoms with van der Waals surface area (Å²) in [4.78, 5) is 31.3. The molecule has 2 aliphatic rings. The molecule has 1 saturated heterocycles. The van der Waals surface area contributed by atoms with Gasteiger partial charge in [0, 0.05) is 47.9 Å². The van der Waals surface area contributed by atoms with Gasteiger partial charge in [-0.1, -0.05) is 36.4 Å². The zero-order valence-electron chi connectivity index (χ0n) is 23.0. The number of aromatic nitrogens is 2. The third-order valence-corrected chi connectivity index (χ3v) is 7.74. The lowest BCUT2D eigenvalue weighted by Crippen LogP contribution is -2.20. The van der Waals surface area contributed by atoms with Crippen molar-refractivity contribution in [3.05, 3.63) is 106 Å². The third kappa shape index (κ3) is 5.76. The van der Waals surface area contributed by atoms with Crippen LogP contribution in [0.25, 0.3) is 22.5 Å². The van der Waals surface area contributed by atoms with Crippen LogP contribution < -0.4 is 10.6 Å². The standard InChI is InChI=1S/C32H32N6O3/c1-36-20-29(33-21-36)23-10-12-25(13-11-23)34-31(30-27-19-26(38(40)41)14-15-28(27)35-32(30)39)24-8-6-22(7-9-24)5-4-18-37-16-2-3-17-37/h6-15,19-21,34H,2-5,16-18H2,1H3,(H,35,39). The normalized spacial score (nSPS) is 16.0. The maximum absolute atomic E-state index is 13.3. The lowest BCUT2D eigenvalue weighted by atomic mass is 9.98. The number of fused-ring (bicyclic) bond motifs is 1. The van der Waals surface area contributed by atoms with E-state index in [-0.39, 0.29) is 11.6 Å². The molecule has 0 saturated carbocycles. The molecule has 208 valence electrons. The fourth-order valence-corrected chi connectivity index (χ4v) is 5.58. The molecule has 2 N–H and O–H groups in total. The van der Waals surface area contributed by atoms with E-state index >= 15 is 0 Å². The Morgan fingerprint density at radius 2 is 1.80 bits per heavy atom. The molecule has 0 atom stereocenters. The van der Waals surface area contributed by atoms with Crippen LogP contribution in [0.3, 0.4) is 0 Å². The summed E-state index contributed by atoms with van der Waals surface area (Å²) in [5.74, 6) is -0.303. The predicted molar refractivity (Wildman–Crippen MR) is 161 cm³/mol. The van der Waals surface area contributed by atoms with E-state index in [1.165, 1.54) is 43.6 Å². The molecule has 0 bridgehead atoms. The number of hydrogen-bond donors (Lipinski definition) is 2. The van der Waals surface area contributed by atoms with Crippen LogP contribution in [-0.2, 0) is 18.3 Å². The first-order valence-electron chi connectivity index (χ1n) is 14.0. The molecule has 1 fully saturated rings. The van der Waals surface area contributed by atoms with Crippen LogP contribution >= 0.6 is 0 Å². The highest BCUT2D eigenvalue weighted by Crippen LogP contribution is 2.39. The van der Waals surface area contributed by atoms with Crippen molar-refractivity contribution in [2.45, 2.75) is 25.7 Å². The Labute approximate surface area is 238 Å². The van der Waals surface area contributed by atoms with E-state index in [1.807, 2.05) is 54.2 Å². The molecule has 9 heteroatoms. The minimum atomic E-state index is -0.443. The Kier molecular flexibility index (Phi) is 7.35. The van der Waals surface area contributed by atoms with Crippen LogP contribution in [0.2, 0.25) is 0 Å². The molecule has 0 spiro atoms. The number of amides is 1. The number of carbonyl (C=O) groups excluding carboxylic acids is 1. The second kappa shape index (κ2) is 11.4.